The molecule has 0 saturated heterocycles. The van der Waals surface area contributed by atoms with Gasteiger partial charge in [0, 0.05) is 5.38 Å². The number of carboxylic acids is 1. The minimum absolute atomic E-state index is 0.0763. The van der Waals surface area contributed by atoms with E-state index in [9.17, 15) is 14.7 Å². The Bertz CT molecular complexity index is 657. The summed E-state index contributed by atoms with van der Waals surface area (Å²) in [5, 5.41) is 11.2. The molecule has 0 aliphatic heterocycles. The molecule has 1 aromatic heterocycles. The van der Waals surface area contributed by atoms with Crippen molar-refractivity contribution in [1.29, 1.82) is 0 Å². The van der Waals surface area contributed by atoms with Gasteiger partial charge >= 0.3 is 12.1 Å². The number of carbonyl (C=O) groups is 2. The molecule has 1 heterocycles. The quantitative estimate of drug-likeness (QED) is 0.916. The van der Waals surface area contributed by atoms with Crippen LogP contribution < -0.4 is 4.90 Å². The van der Waals surface area contributed by atoms with Gasteiger partial charge in [-0.05, 0) is 19.4 Å². The fourth-order valence-corrected chi connectivity index (χ4v) is 2.62. The molecule has 6 nitrogen and oxygen atoms in total. The average Bonchev–Trinajstić information content (AvgIpc) is 2.92. The molecule has 0 aliphatic carbocycles. The normalized spacial score (nSPS) is 11.7. The molecule has 1 N–H and O–H groups in total. The lowest BCUT2D eigenvalue weighted by molar-refractivity contribution is -0.138. The van der Waals surface area contributed by atoms with E-state index in [2.05, 4.69) is 4.98 Å². The monoisotopic (exact) mass is 320 g/mol. The molecule has 2 rings (SSSR count). The van der Waals surface area contributed by atoms with Gasteiger partial charge in [-0.2, -0.15) is 0 Å². The van der Waals surface area contributed by atoms with Crippen molar-refractivity contribution in [1.82, 2.24) is 4.98 Å². The number of thiazole rings is 1. The zero-order chi connectivity index (χ0) is 16.1. The van der Waals surface area contributed by atoms with Crippen molar-refractivity contribution < 1.29 is 19.4 Å². The molecule has 22 heavy (non-hydrogen) atoms. The van der Waals surface area contributed by atoms with E-state index in [0.29, 0.717) is 5.13 Å². The maximum absolute atomic E-state index is 12.3. The Labute approximate surface area is 132 Å². The summed E-state index contributed by atoms with van der Waals surface area (Å²) in [6, 6.07) is 8.13. The van der Waals surface area contributed by atoms with Gasteiger partial charge in [0.2, 0.25) is 0 Å². The van der Waals surface area contributed by atoms with E-state index in [0.717, 1.165) is 16.2 Å². The van der Waals surface area contributed by atoms with Crippen molar-refractivity contribution in [2.24, 2.45) is 0 Å². The number of benzene rings is 1. The van der Waals surface area contributed by atoms with Crippen LogP contribution in [0.15, 0.2) is 35.7 Å². The lowest BCUT2D eigenvalue weighted by atomic mass is 10.2. The number of aryl methyl sites for hydroxylation is 1. The van der Waals surface area contributed by atoms with Crippen molar-refractivity contribution in [2.45, 2.75) is 26.5 Å². The van der Waals surface area contributed by atoms with Gasteiger partial charge in [0.15, 0.2) is 5.13 Å². The standard InChI is InChI=1S/C15H16N2O4S/c1-10-9-22-14(16-10)17(11(2)13(18)19)15(20)21-8-12-6-4-3-5-7-12/h3-7,9,11H,8H2,1-2H3,(H,18,19). The Morgan fingerprint density at radius 3 is 2.59 bits per heavy atom. The molecule has 0 aliphatic rings. The summed E-state index contributed by atoms with van der Waals surface area (Å²) in [7, 11) is 0. The van der Waals surface area contributed by atoms with Gasteiger partial charge in [-0.3, -0.25) is 0 Å². The maximum atomic E-state index is 12.3. The molecule has 1 unspecified atom stereocenters. The third kappa shape index (κ3) is 3.82. The van der Waals surface area contributed by atoms with E-state index in [1.54, 1.807) is 12.3 Å². The van der Waals surface area contributed by atoms with E-state index >= 15 is 0 Å². The number of aromatic nitrogens is 1. The Morgan fingerprint density at radius 2 is 2.05 bits per heavy atom. The van der Waals surface area contributed by atoms with E-state index in [4.69, 9.17) is 4.74 Å². The number of anilines is 1. The second-order valence-electron chi connectivity index (χ2n) is 4.70. The molecule has 1 aromatic carbocycles. The number of rotatable bonds is 5. The number of carbonyl (C=O) groups excluding carboxylic acids is 1. The Hall–Kier alpha value is -2.41. The number of hydrogen-bond acceptors (Lipinski definition) is 5. The molecule has 0 bridgehead atoms. The van der Waals surface area contributed by atoms with Gasteiger partial charge in [-0.1, -0.05) is 30.3 Å². The molecule has 0 radical (unpaired) electrons. The minimum Gasteiger partial charge on any atom is -0.480 e. The highest BCUT2D eigenvalue weighted by atomic mass is 32.1. The highest BCUT2D eigenvalue weighted by Gasteiger charge is 2.30. The van der Waals surface area contributed by atoms with Crippen LogP contribution in [0.1, 0.15) is 18.2 Å². The Kier molecular flexibility index (Phi) is 5.11. The molecule has 1 atom stereocenters. The van der Waals surface area contributed by atoms with Gasteiger partial charge in [-0.25, -0.2) is 19.5 Å². The molecule has 0 fully saturated rings. The Balaban J connectivity index is 2.14. The van der Waals surface area contributed by atoms with Gasteiger partial charge in [0.25, 0.3) is 0 Å². The first-order valence-electron chi connectivity index (χ1n) is 6.64. The van der Waals surface area contributed by atoms with Crippen molar-refractivity contribution in [3.05, 3.63) is 47.0 Å². The SMILES string of the molecule is Cc1csc(N(C(=O)OCc2ccccc2)C(C)C(=O)O)n1. The molecule has 0 spiro atoms. The van der Waals surface area contributed by atoms with Gasteiger partial charge in [0.1, 0.15) is 12.6 Å². The van der Waals surface area contributed by atoms with E-state index in [1.807, 2.05) is 30.3 Å². The highest BCUT2D eigenvalue weighted by Crippen LogP contribution is 2.23. The van der Waals surface area contributed by atoms with Crippen LogP contribution in [0, 0.1) is 6.92 Å². The summed E-state index contributed by atoms with van der Waals surface area (Å²) in [4.78, 5) is 28.7. The van der Waals surface area contributed by atoms with Crippen LogP contribution in [0.25, 0.3) is 0 Å². The van der Waals surface area contributed by atoms with Crippen molar-refractivity contribution >= 4 is 28.5 Å². The average molecular weight is 320 g/mol. The molecular formula is C15H16N2O4S. The summed E-state index contributed by atoms with van der Waals surface area (Å²) in [5.74, 6) is -1.12. The second kappa shape index (κ2) is 7.04. The first-order chi connectivity index (χ1) is 10.5. The summed E-state index contributed by atoms with van der Waals surface area (Å²) in [6.45, 7) is 3.27. The van der Waals surface area contributed by atoms with E-state index in [1.165, 1.54) is 18.3 Å². The van der Waals surface area contributed by atoms with Crippen molar-refractivity contribution in [3.63, 3.8) is 0 Å². The number of carboxylic acid groups (broad SMARTS) is 1. The zero-order valence-corrected chi connectivity index (χ0v) is 13.0. The molecule has 1 amide bonds. The molecule has 116 valence electrons. The van der Waals surface area contributed by atoms with Crippen LogP contribution in [0.5, 0.6) is 0 Å². The van der Waals surface area contributed by atoms with Crippen LogP contribution >= 0.6 is 11.3 Å². The van der Waals surface area contributed by atoms with Crippen LogP contribution in [-0.4, -0.2) is 28.2 Å². The van der Waals surface area contributed by atoms with Crippen LogP contribution in [-0.2, 0) is 16.1 Å². The van der Waals surface area contributed by atoms with E-state index < -0.39 is 18.1 Å². The lowest BCUT2D eigenvalue weighted by Gasteiger charge is -2.23. The summed E-state index contributed by atoms with van der Waals surface area (Å²) in [5.41, 5.74) is 1.55. The summed E-state index contributed by atoms with van der Waals surface area (Å²) < 4.78 is 5.22. The minimum atomic E-state index is -1.12. The fraction of sp³-hybridized carbons (Fsp3) is 0.267. The summed E-state index contributed by atoms with van der Waals surface area (Å²) >= 11 is 1.20. The molecule has 0 saturated carbocycles. The number of aliphatic carboxylic acids is 1. The summed E-state index contributed by atoms with van der Waals surface area (Å²) in [6.07, 6.45) is -0.729. The number of hydrogen-bond donors (Lipinski definition) is 1. The third-order valence-corrected chi connectivity index (χ3v) is 3.92. The first kappa shape index (κ1) is 16.0. The largest absolute Gasteiger partial charge is 0.480 e. The van der Waals surface area contributed by atoms with Crippen molar-refractivity contribution in [3.8, 4) is 0 Å². The van der Waals surface area contributed by atoms with Crippen LogP contribution in [0.3, 0.4) is 0 Å². The first-order valence-corrected chi connectivity index (χ1v) is 7.52. The van der Waals surface area contributed by atoms with Gasteiger partial charge < -0.3 is 9.84 Å². The topological polar surface area (TPSA) is 79.7 Å². The zero-order valence-electron chi connectivity index (χ0n) is 12.2. The number of ether oxygens (including phenoxy) is 1. The third-order valence-electron chi connectivity index (χ3n) is 2.96. The Morgan fingerprint density at radius 1 is 1.36 bits per heavy atom. The maximum Gasteiger partial charge on any atom is 0.417 e. The fourth-order valence-electron chi connectivity index (χ4n) is 1.75. The van der Waals surface area contributed by atoms with Gasteiger partial charge in [-0.15, -0.1) is 11.3 Å². The molecular weight excluding hydrogens is 304 g/mol. The number of nitrogens with zero attached hydrogens (tertiary/aromatic N) is 2. The lowest BCUT2D eigenvalue weighted by Crippen LogP contribution is -2.43. The van der Waals surface area contributed by atoms with Crippen LogP contribution in [0.4, 0.5) is 9.93 Å². The van der Waals surface area contributed by atoms with Crippen LogP contribution in [0.2, 0.25) is 0 Å². The number of amides is 1. The highest BCUT2D eigenvalue weighted by molar-refractivity contribution is 7.14. The van der Waals surface area contributed by atoms with Crippen molar-refractivity contribution in [2.75, 3.05) is 4.90 Å². The van der Waals surface area contributed by atoms with E-state index in [-0.39, 0.29) is 6.61 Å². The second-order valence-corrected chi connectivity index (χ2v) is 5.53. The predicted octanol–water partition coefficient (Wildman–Crippen LogP) is 3.07. The predicted molar refractivity (Wildman–Crippen MR) is 83.1 cm³/mol. The molecule has 7 heteroatoms. The van der Waals surface area contributed by atoms with Gasteiger partial charge in [0.05, 0.1) is 5.69 Å². The smallest absolute Gasteiger partial charge is 0.417 e. The molecule has 2 aromatic rings.